The van der Waals surface area contributed by atoms with Gasteiger partial charge in [-0.3, -0.25) is 0 Å². The maximum absolute atomic E-state index is 9.10. The molecule has 17 heavy (non-hydrogen) atoms. The Kier molecular flexibility index (Phi) is 3.50. The van der Waals surface area contributed by atoms with Crippen molar-refractivity contribution in [3.63, 3.8) is 0 Å². The highest BCUT2D eigenvalue weighted by molar-refractivity contribution is 5.85. The highest BCUT2D eigenvalue weighted by atomic mass is 16.3. The van der Waals surface area contributed by atoms with Crippen LogP contribution in [0.15, 0.2) is 18.3 Å². The third-order valence-electron chi connectivity index (χ3n) is 3.33. The number of rotatable bonds is 4. The average Bonchev–Trinajstić information content (AvgIpc) is 2.60. The molecule has 0 aliphatic heterocycles. The summed E-state index contributed by atoms with van der Waals surface area (Å²) in [6.07, 6.45) is 3.00. The van der Waals surface area contributed by atoms with Gasteiger partial charge in [0.15, 0.2) is 0 Å². The molecular formula is C14H20N2O. The van der Waals surface area contributed by atoms with Gasteiger partial charge in [0.05, 0.1) is 6.61 Å². The molecule has 0 saturated carbocycles. The van der Waals surface area contributed by atoms with E-state index in [4.69, 9.17) is 10.8 Å². The minimum Gasteiger partial charge on any atom is -0.395 e. The van der Waals surface area contributed by atoms with Crippen molar-refractivity contribution in [2.24, 2.45) is 5.73 Å². The van der Waals surface area contributed by atoms with Gasteiger partial charge in [-0.25, -0.2) is 0 Å². The van der Waals surface area contributed by atoms with Crippen molar-refractivity contribution < 1.29 is 5.11 Å². The minimum atomic E-state index is 0.165. The van der Waals surface area contributed by atoms with E-state index < -0.39 is 0 Å². The molecule has 0 fully saturated rings. The fourth-order valence-corrected chi connectivity index (χ4v) is 2.27. The predicted molar refractivity (Wildman–Crippen MR) is 71.3 cm³/mol. The second-order valence-corrected chi connectivity index (χ2v) is 4.56. The van der Waals surface area contributed by atoms with Gasteiger partial charge in [-0.15, -0.1) is 0 Å². The molecular weight excluding hydrogens is 212 g/mol. The van der Waals surface area contributed by atoms with Crippen LogP contribution < -0.4 is 5.73 Å². The van der Waals surface area contributed by atoms with Crippen LogP contribution in [-0.2, 0) is 13.0 Å². The molecule has 3 N–H and O–H groups in total. The second-order valence-electron chi connectivity index (χ2n) is 4.56. The van der Waals surface area contributed by atoms with E-state index in [1.165, 1.54) is 27.6 Å². The quantitative estimate of drug-likeness (QED) is 0.843. The van der Waals surface area contributed by atoms with E-state index in [9.17, 15) is 0 Å². The van der Waals surface area contributed by atoms with Crippen molar-refractivity contribution in [3.8, 4) is 0 Å². The molecule has 2 rings (SSSR count). The lowest BCUT2D eigenvalue weighted by atomic mass is 10.0. The van der Waals surface area contributed by atoms with Gasteiger partial charge in [-0.1, -0.05) is 0 Å². The first-order chi connectivity index (χ1) is 8.17. The number of aliphatic hydroxyl groups excluding tert-OH is 1. The fraction of sp³-hybridized carbons (Fsp3) is 0.429. The lowest BCUT2D eigenvalue weighted by Crippen LogP contribution is -2.02. The standard InChI is InChI=1S/C14H20N2O/c1-10-7-13-12(3-4-15)9-16(5-6-17)14(13)8-11(10)2/h7-9,17H,3-6,15H2,1-2H3. The molecule has 0 saturated heterocycles. The zero-order valence-electron chi connectivity index (χ0n) is 10.5. The largest absolute Gasteiger partial charge is 0.395 e. The van der Waals surface area contributed by atoms with Crippen molar-refractivity contribution in [1.29, 1.82) is 0 Å². The van der Waals surface area contributed by atoms with Crippen molar-refractivity contribution in [3.05, 3.63) is 35.0 Å². The molecule has 0 bridgehead atoms. The summed E-state index contributed by atoms with van der Waals surface area (Å²) in [5.41, 5.74) is 10.7. The number of aromatic nitrogens is 1. The molecule has 0 radical (unpaired) electrons. The molecule has 0 aliphatic carbocycles. The summed E-state index contributed by atoms with van der Waals surface area (Å²) in [6.45, 7) is 5.71. The van der Waals surface area contributed by atoms with Gasteiger partial charge >= 0.3 is 0 Å². The molecule has 0 unspecified atom stereocenters. The summed E-state index contributed by atoms with van der Waals surface area (Å²) >= 11 is 0. The van der Waals surface area contributed by atoms with Crippen LogP contribution in [0.2, 0.25) is 0 Å². The van der Waals surface area contributed by atoms with E-state index in [2.05, 4.69) is 36.7 Å². The number of fused-ring (bicyclic) bond motifs is 1. The van der Waals surface area contributed by atoms with E-state index in [-0.39, 0.29) is 6.61 Å². The molecule has 1 aromatic heterocycles. The van der Waals surface area contributed by atoms with Crippen LogP contribution in [0.25, 0.3) is 10.9 Å². The monoisotopic (exact) mass is 232 g/mol. The van der Waals surface area contributed by atoms with E-state index in [1.54, 1.807) is 0 Å². The number of hydrogen-bond donors (Lipinski definition) is 2. The number of aryl methyl sites for hydroxylation is 2. The molecule has 1 heterocycles. The Morgan fingerprint density at radius 2 is 1.94 bits per heavy atom. The first-order valence-electron chi connectivity index (χ1n) is 6.07. The van der Waals surface area contributed by atoms with Crippen LogP contribution in [0.5, 0.6) is 0 Å². The van der Waals surface area contributed by atoms with Crippen molar-refractivity contribution >= 4 is 10.9 Å². The zero-order valence-corrected chi connectivity index (χ0v) is 10.5. The molecule has 92 valence electrons. The minimum absolute atomic E-state index is 0.165. The summed E-state index contributed by atoms with van der Waals surface area (Å²) in [5, 5.41) is 10.4. The van der Waals surface area contributed by atoms with E-state index in [0.717, 1.165) is 6.42 Å². The third-order valence-corrected chi connectivity index (χ3v) is 3.33. The Morgan fingerprint density at radius 1 is 1.24 bits per heavy atom. The molecule has 0 atom stereocenters. The number of aliphatic hydroxyl groups is 1. The Hall–Kier alpha value is -1.32. The Morgan fingerprint density at radius 3 is 2.59 bits per heavy atom. The smallest absolute Gasteiger partial charge is 0.0610 e. The number of benzene rings is 1. The summed E-state index contributed by atoms with van der Waals surface area (Å²) < 4.78 is 2.12. The lowest BCUT2D eigenvalue weighted by molar-refractivity contribution is 0.278. The first kappa shape index (κ1) is 12.1. The van der Waals surface area contributed by atoms with Crippen molar-refractivity contribution in [2.45, 2.75) is 26.8 Å². The summed E-state index contributed by atoms with van der Waals surface area (Å²) in [5.74, 6) is 0. The van der Waals surface area contributed by atoms with Gasteiger partial charge < -0.3 is 15.4 Å². The third kappa shape index (κ3) is 2.21. The number of nitrogens with zero attached hydrogens (tertiary/aromatic N) is 1. The van der Waals surface area contributed by atoms with Crippen LogP contribution in [0.4, 0.5) is 0 Å². The first-order valence-corrected chi connectivity index (χ1v) is 6.07. The molecule has 3 heteroatoms. The molecule has 3 nitrogen and oxygen atoms in total. The van der Waals surface area contributed by atoms with Crippen LogP contribution in [-0.4, -0.2) is 22.8 Å². The average molecular weight is 232 g/mol. The lowest BCUT2D eigenvalue weighted by Gasteiger charge is -2.05. The topological polar surface area (TPSA) is 51.2 Å². The normalized spacial score (nSPS) is 11.3. The molecule has 1 aromatic carbocycles. The highest BCUT2D eigenvalue weighted by Gasteiger charge is 2.09. The fourth-order valence-electron chi connectivity index (χ4n) is 2.27. The van der Waals surface area contributed by atoms with E-state index >= 15 is 0 Å². The zero-order chi connectivity index (χ0) is 12.4. The van der Waals surface area contributed by atoms with E-state index in [0.29, 0.717) is 13.1 Å². The van der Waals surface area contributed by atoms with Gasteiger partial charge in [-0.05, 0) is 55.6 Å². The van der Waals surface area contributed by atoms with Gasteiger partial charge in [0.2, 0.25) is 0 Å². The van der Waals surface area contributed by atoms with Gasteiger partial charge in [0.1, 0.15) is 0 Å². The molecule has 0 amide bonds. The number of hydrogen-bond acceptors (Lipinski definition) is 2. The van der Waals surface area contributed by atoms with Crippen LogP contribution >= 0.6 is 0 Å². The summed E-state index contributed by atoms with van der Waals surface area (Å²) in [4.78, 5) is 0. The Balaban J connectivity index is 2.63. The van der Waals surface area contributed by atoms with Crippen molar-refractivity contribution in [1.82, 2.24) is 4.57 Å². The van der Waals surface area contributed by atoms with Crippen molar-refractivity contribution in [2.75, 3.05) is 13.2 Å². The van der Waals surface area contributed by atoms with Crippen LogP contribution in [0.3, 0.4) is 0 Å². The van der Waals surface area contributed by atoms with E-state index in [1.807, 2.05) is 0 Å². The van der Waals surface area contributed by atoms with Crippen LogP contribution in [0.1, 0.15) is 16.7 Å². The summed E-state index contributed by atoms with van der Waals surface area (Å²) in [7, 11) is 0. The summed E-state index contributed by atoms with van der Waals surface area (Å²) in [6, 6.07) is 4.42. The maximum Gasteiger partial charge on any atom is 0.0610 e. The Bertz CT molecular complexity index is 482. The second kappa shape index (κ2) is 4.90. The molecule has 0 spiro atoms. The molecule has 2 aromatic rings. The predicted octanol–water partition coefficient (Wildman–Crippen LogP) is 1.75. The van der Waals surface area contributed by atoms with Gasteiger partial charge in [-0.2, -0.15) is 0 Å². The highest BCUT2D eigenvalue weighted by Crippen LogP contribution is 2.25. The molecule has 0 aliphatic rings. The number of nitrogens with two attached hydrogens (primary N) is 1. The van der Waals surface area contributed by atoms with Crippen LogP contribution in [0, 0.1) is 13.8 Å². The van der Waals surface area contributed by atoms with Gasteiger partial charge in [0, 0.05) is 23.6 Å². The maximum atomic E-state index is 9.10. The SMILES string of the molecule is Cc1cc2c(CCN)cn(CCO)c2cc1C. The Labute approximate surface area is 102 Å². The van der Waals surface area contributed by atoms with Gasteiger partial charge in [0.25, 0.3) is 0 Å².